The molecule has 4 heterocycles. The van der Waals surface area contributed by atoms with Gasteiger partial charge in [0.05, 0.1) is 5.69 Å². The van der Waals surface area contributed by atoms with E-state index in [2.05, 4.69) is 38.5 Å². The summed E-state index contributed by atoms with van der Waals surface area (Å²) in [5.41, 5.74) is 7.03. The Morgan fingerprint density at radius 1 is 1.03 bits per heavy atom. The number of halogens is 2. The molecule has 1 N–H and O–H groups in total. The standard InChI is InChI=1S/C28H22ClFN4/c29-22-5-6-26(30)25(12-22)27-13-24(23-2-1-8-33-28(23)34-27)21-11-20(15-32-16-21)17-3-4-19-14-31-9-7-18(19)10-17/h1-3,5-6,8,10-13,15-16,19,31H,4,7,9,14H2. The molecule has 6 heteroatoms. The summed E-state index contributed by atoms with van der Waals surface area (Å²) >= 11 is 6.16. The molecule has 1 aliphatic carbocycles. The van der Waals surface area contributed by atoms with Crippen LogP contribution in [0.4, 0.5) is 4.39 Å². The number of nitrogens with zero attached hydrogens (tertiary/aromatic N) is 3. The molecule has 168 valence electrons. The predicted octanol–water partition coefficient (Wildman–Crippen LogP) is 6.47. The van der Waals surface area contributed by atoms with E-state index in [0.29, 0.717) is 27.8 Å². The second-order valence-corrected chi connectivity index (χ2v) is 9.22. The zero-order valence-electron chi connectivity index (χ0n) is 18.4. The third-order valence-corrected chi connectivity index (χ3v) is 6.88. The Kier molecular flexibility index (Phi) is 5.44. The zero-order valence-corrected chi connectivity index (χ0v) is 19.2. The number of pyridine rings is 3. The maximum absolute atomic E-state index is 14.7. The van der Waals surface area contributed by atoms with Crippen LogP contribution >= 0.6 is 11.6 Å². The second-order valence-electron chi connectivity index (χ2n) is 8.78. The van der Waals surface area contributed by atoms with Gasteiger partial charge in [-0.1, -0.05) is 29.3 Å². The van der Waals surface area contributed by atoms with Gasteiger partial charge in [-0.05, 0) is 78.9 Å². The summed E-state index contributed by atoms with van der Waals surface area (Å²) in [5, 5.41) is 4.83. The number of rotatable bonds is 3. The normalized spacial score (nSPS) is 17.8. The number of nitrogens with one attached hydrogen (secondary N) is 1. The largest absolute Gasteiger partial charge is 0.316 e. The molecule has 3 aromatic heterocycles. The first-order valence-electron chi connectivity index (χ1n) is 11.4. The highest BCUT2D eigenvalue weighted by Crippen LogP contribution is 2.36. The van der Waals surface area contributed by atoms with Crippen molar-refractivity contribution in [3.63, 3.8) is 0 Å². The van der Waals surface area contributed by atoms with Crippen molar-refractivity contribution in [1.29, 1.82) is 0 Å². The summed E-state index contributed by atoms with van der Waals surface area (Å²) in [6, 6.07) is 12.4. The fraction of sp³-hybridized carbons (Fsp3) is 0.179. The van der Waals surface area contributed by atoms with Gasteiger partial charge >= 0.3 is 0 Å². The molecular weight excluding hydrogens is 447 g/mol. The van der Waals surface area contributed by atoms with Crippen LogP contribution in [0.15, 0.2) is 78.8 Å². The summed E-state index contributed by atoms with van der Waals surface area (Å²) in [4.78, 5) is 13.6. The highest BCUT2D eigenvalue weighted by Gasteiger charge is 2.22. The number of allylic oxidation sites excluding steroid dienone is 3. The first-order valence-corrected chi connectivity index (χ1v) is 11.8. The van der Waals surface area contributed by atoms with Gasteiger partial charge < -0.3 is 5.32 Å². The first-order chi connectivity index (χ1) is 16.7. The van der Waals surface area contributed by atoms with Gasteiger partial charge in [-0.2, -0.15) is 0 Å². The van der Waals surface area contributed by atoms with Gasteiger partial charge in [-0.15, -0.1) is 0 Å². The van der Waals surface area contributed by atoms with Gasteiger partial charge in [0.15, 0.2) is 5.65 Å². The lowest BCUT2D eigenvalue weighted by atomic mass is 9.83. The Hall–Kier alpha value is -3.41. The van der Waals surface area contributed by atoms with Crippen LogP contribution in [0.2, 0.25) is 5.02 Å². The van der Waals surface area contributed by atoms with E-state index in [-0.39, 0.29) is 5.82 Å². The number of hydrogen-bond acceptors (Lipinski definition) is 4. The monoisotopic (exact) mass is 468 g/mol. The molecule has 1 saturated heterocycles. The third kappa shape index (κ3) is 3.91. The lowest BCUT2D eigenvalue weighted by Crippen LogP contribution is -2.32. The number of hydrogen-bond donors (Lipinski definition) is 1. The molecule has 4 nitrogen and oxygen atoms in total. The molecule has 1 aliphatic heterocycles. The van der Waals surface area contributed by atoms with Gasteiger partial charge in [0.2, 0.25) is 0 Å². The maximum atomic E-state index is 14.7. The van der Waals surface area contributed by atoms with Crippen LogP contribution in [0.5, 0.6) is 0 Å². The third-order valence-electron chi connectivity index (χ3n) is 6.64. The molecule has 1 atom stereocenters. The molecule has 1 fully saturated rings. The highest BCUT2D eigenvalue weighted by molar-refractivity contribution is 6.30. The van der Waals surface area contributed by atoms with E-state index in [1.807, 2.05) is 30.6 Å². The second kappa shape index (κ2) is 8.75. The molecule has 0 saturated carbocycles. The SMILES string of the molecule is Fc1ccc(Cl)cc1-c1cc(-c2cncc(C3=CCC4CNCCC4=C3)c2)c2cccnc2n1. The molecule has 1 unspecified atom stereocenters. The number of aromatic nitrogens is 3. The molecule has 0 bridgehead atoms. The average molecular weight is 469 g/mol. The van der Waals surface area contributed by atoms with Crippen molar-refractivity contribution in [3.05, 3.63) is 95.2 Å². The molecule has 4 aromatic rings. The summed E-state index contributed by atoms with van der Waals surface area (Å²) in [7, 11) is 0. The van der Waals surface area contributed by atoms with Crippen molar-refractivity contribution in [2.75, 3.05) is 13.1 Å². The molecule has 1 aromatic carbocycles. The zero-order chi connectivity index (χ0) is 23.1. The summed E-state index contributed by atoms with van der Waals surface area (Å²) in [6.07, 6.45) is 12.2. The summed E-state index contributed by atoms with van der Waals surface area (Å²) < 4.78 is 14.7. The van der Waals surface area contributed by atoms with Crippen molar-refractivity contribution in [3.8, 4) is 22.4 Å². The van der Waals surface area contributed by atoms with Gasteiger partial charge in [0, 0.05) is 52.2 Å². The van der Waals surface area contributed by atoms with Crippen LogP contribution < -0.4 is 5.32 Å². The molecule has 0 spiro atoms. The average Bonchev–Trinajstić information content (AvgIpc) is 2.89. The minimum atomic E-state index is -0.375. The molecule has 2 aliphatic rings. The maximum Gasteiger partial charge on any atom is 0.160 e. The lowest BCUT2D eigenvalue weighted by molar-refractivity contribution is 0.472. The van der Waals surface area contributed by atoms with E-state index in [1.54, 1.807) is 12.3 Å². The van der Waals surface area contributed by atoms with E-state index in [9.17, 15) is 4.39 Å². The summed E-state index contributed by atoms with van der Waals surface area (Å²) in [6.45, 7) is 2.08. The van der Waals surface area contributed by atoms with E-state index >= 15 is 0 Å². The van der Waals surface area contributed by atoms with Crippen molar-refractivity contribution in [2.45, 2.75) is 12.8 Å². The topological polar surface area (TPSA) is 50.7 Å². The fourth-order valence-electron chi connectivity index (χ4n) is 4.87. The number of benzene rings is 1. The first kappa shape index (κ1) is 21.1. The molecule has 0 radical (unpaired) electrons. The molecule has 6 rings (SSSR count). The van der Waals surface area contributed by atoms with Crippen molar-refractivity contribution < 1.29 is 4.39 Å². The number of piperidine rings is 1. The minimum absolute atomic E-state index is 0.349. The quantitative estimate of drug-likeness (QED) is 0.374. The van der Waals surface area contributed by atoms with Gasteiger partial charge in [-0.25, -0.2) is 14.4 Å². The Labute approximate surface area is 202 Å². The van der Waals surface area contributed by atoms with E-state index in [0.717, 1.165) is 48.0 Å². The number of fused-ring (bicyclic) bond motifs is 2. The summed E-state index contributed by atoms with van der Waals surface area (Å²) in [5.74, 6) is 0.222. The van der Waals surface area contributed by atoms with Crippen LogP contribution in [0, 0.1) is 11.7 Å². The van der Waals surface area contributed by atoms with Gasteiger partial charge in [-0.3, -0.25) is 4.98 Å². The van der Waals surface area contributed by atoms with E-state index < -0.39 is 0 Å². The van der Waals surface area contributed by atoms with Crippen LogP contribution in [-0.4, -0.2) is 28.0 Å². The van der Waals surface area contributed by atoms with Gasteiger partial charge in [0.25, 0.3) is 0 Å². The Morgan fingerprint density at radius 3 is 2.88 bits per heavy atom. The van der Waals surface area contributed by atoms with E-state index in [4.69, 9.17) is 11.6 Å². The van der Waals surface area contributed by atoms with E-state index in [1.165, 1.54) is 23.3 Å². The van der Waals surface area contributed by atoms with Crippen LogP contribution in [0.1, 0.15) is 18.4 Å². The van der Waals surface area contributed by atoms with Crippen molar-refractivity contribution in [1.82, 2.24) is 20.3 Å². The van der Waals surface area contributed by atoms with Gasteiger partial charge in [0.1, 0.15) is 5.82 Å². The Morgan fingerprint density at radius 2 is 1.94 bits per heavy atom. The van der Waals surface area contributed by atoms with Crippen LogP contribution in [-0.2, 0) is 0 Å². The fourth-order valence-corrected chi connectivity index (χ4v) is 5.04. The lowest BCUT2D eigenvalue weighted by Gasteiger charge is -2.29. The van der Waals surface area contributed by atoms with Crippen molar-refractivity contribution >= 4 is 28.2 Å². The Balaban J connectivity index is 1.48. The predicted molar refractivity (Wildman–Crippen MR) is 135 cm³/mol. The van der Waals surface area contributed by atoms with Crippen LogP contribution in [0.25, 0.3) is 39.0 Å². The smallest absolute Gasteiger partial charge is 0.160 e. The molecular formula is C28H22ClFN4. The molecule has 34 heavy (non-hydrogen) atoms. The Bertz CT molecular complexity index is 1480. The minimum Gasteiger partial charge on any atom is -0.316 e. The van der Waals surface area contributed by atoms with Crippen molar-refractivity contribution in [2.24, 2.45) is 5.92 Å². The highest BCUT2D eigenvalue weighted by atomic mass is 35.5. The molecule has 0 amide bonds. The van der Waals surface area contributed by atoms with Crippen LogP contribution in [0.3, 0.4) is 0 Å².